The molecule has 0 aliphatic rings. The molecule has 98 valence electrons. The summed E-state index contributed by atoms with van der Waals surface area (Å²) in [5.41, 5.74) is 6.33. The molecule has 1 atom stereocenters. The van der Waals surface area contributed by atoms with Gasteiger partial charge in [0.05, 0.1) is 17.9 Å². The summed E-state index contributed by atoms with van der Waals surface area (Å²) in [5.74, 6) is 0.342. The second-order valence-corrected chi connectivity index (χ2v) is 4.77. The van der Waals surface area contributed by atoms with Crippen molar-refractivity contribution >= 4 is 30.0 Å². The number of hydrogen-bond donors (Lipinski definition) is 1. The molecule has 0 fully saturated rings. The summed E-state index contributed by atoms with van der Waals surface area (Å²) in [6.45, 7) is 4.81. The zero-order valence-corrected chi connectivity index (χ0v) is 11.9. The first-order chi connectivity index (χ1) is 7.52. The van der Waals surface area contributed by atoms with Crippen molar-refractivity contribution in [2.24, 2.45) is 11.7 Å². The molecule has 1 rings (SSSR count). The van der Waals surface area contributed by atoms with Gasteiger partial charge in [0.2, 0.25) is 0 Å². The summed E-state index contributed by atoms with van der Waals surface area (Å²) < 4.78 is 7.72. The Morgan fingerprint density at radius 3 is 2.71 bits per heavy atom. The largest absolute Gasteiger partial charge is 0.340 e. The van der Waals surface area contributed by atoms with Crippen LogP contribution >= 0.6 is 24.1 Å². The fourth-order valence-electron chi connectivity index (χ4n) is 1.23. The van der Waals surface area contributed by atoms with Gasteiger partial charge in [-0.2, -0.15) is 8.75 Å². The molecule has 5 nitrogen and oxygen atoms in total. The molecule has 0 radical (unpaired) electrons. The minimum absolute atomic E-state index is 0. The van der Waals surface area contributed by atoms with E-state index in [9.17, 15) is 4.79 Å². The predicted octanol–water partition coefficient (Wildman–Crippen LogP) is 1.41. The molecule has 0 bridgehead atoms. The highest BCUT2D eigenvalue weighted by atomic mass is 35.5. The van der Waals surface area contributed by atoms with Gasteiger partial charge in [-0.3, -0.25) is 4.79 Å². The molecule has 17 heavy (non-hydrogen) atoms. The Bertz CT molecular complexity index is 331. The Balaban J connectivity index is 0.00000256. The number of nitrogens with zero attached hydrogens (tertiary/aromatic N) is 3. The lowest BCUT2D eigenvalue weighted by atomic mass is 10.0. The third-order valence-electron chi connectivity index (χ3n) is 2.58. The summed E-state index contributed by atoms with van der Waals surface area (Å²) in [6, 6.07) is 0.129. The van der Waals surface area contributed by atoms with E-state index in [0.717, 1.165) is 18.1 Å². The Labute approximate surface area is 112 Å². The van der Waals surface area contributed by atoms with E-state index in [4.69, 9.17) is 5.73 Å². The van der Waals surface area contributed by atoms with Crippen molar-refractivity contribution in [3.8, 4) is 0 Å². The smallest absolute Gasteiger partial charge is 0.274 e. The average molecular weight is 279 g/mol. The van der Waals surface area contributed by atoms with Gasteiger partial charge in [-0.15, -0.1) is 12.4 Å². The molecule has 0 aliphatic carbocycles. The summed E-state index contributed by atoms with van der Waals surface area (Å²) in [5, 5.41) is 0. The van der Waals surface area contributed by atoms with Crippen LogP contribution in [0.5, 0.6) is 0 Å². The summed E-state index contributed by atoms with van der Waals surface area (Å²) in [6.07, 6.45) is 2.29. The minimum Gasteiger partial charge on any atom is -0.340 e. The van der Waals surface area contributed by atoms with Crippen molar-refractivity contribution in [2.75, 3.05) is 13.6 Å². The van der Waals surface area contributed by atoms with Crippen LogP contribution in [0.3, 0.4) is 0 Å². The van der Waals surface area contributed by atoms with Gasteiger partial charge < -0.3 is 10.6 Å². The normalized spacial score (nSPS) is 12.1. The van der Waals surface area contributed by atoms with Gasteiger partial charge in [0.25, 0.3) is 5.91 Å². The van der Waals surface area contributed by atoms with Crippen LogP contribution in [0.2, 0.25) is 0 Å². The summed E-state index contributed by atoms with van der Waals surface area (Å²) in [4.78, 5) is 13.4. The summed E-state index contributed by atoms with van der Waals surface area (Å²) >= 11 is 1.04. The number of amides is 1. The van der Waals surface area contributed by atoms with Gasteiger partial charge in [0.1, 0.15) is 0 Å². The van der Waals surface area contributed by atoms with Crippen LogP contribution in [-0.2, 0) is 0 Å². The molecule has 0 saturated heterocycles. The lowest BCUT2D eigenvalue weighted by Crippen LogP contribution is -2.34. The monoisotopic (exact) mass is 278 g/mol. The van der Waals surface area contributed by atoms with Crippen LogP contribution in [0, 0.1) is 5.92 Å². The van der Waals surface area contributed by atoms with E-state index in [-0.39, 0.29) is 24.4 Å². The fraction of sp³-hybridized carbons (Fsp3) is 0.700. The third kappa shape index (κ3) is 4.97. The first-order valence-corrected chi connectivity index (χ1v) is 6.04. The molecule has 1 heterocycles. The van der Waals surface area contributed by atoms with E-state index in [1.54, 1.807) is 11.9 Å². The van der Waals surface area contributed by atoms with Crippen LogP contribution in [0.15, 0.2) is 6.20 Å². The molecule has 2 N–H and O–H groups in total. The zero-order chi connectivity index (χ0) is 12.1. The molecule has 0 saturated carbocycles. The topological polar surface area (TPSA) is 72.1 Å². The van der Waals surface area contributed by atoms with Crippen molar-refractivity contribution in [2.45, 2.75) is 26.3 Å². The second kappa shape index (κ2) is 7.58. The maximum Gasteiger partial charge on any atom is 0.274 e. The number of rotatable bonds is 5. The molecule has 1 aromatic rings. The highest BCUT2D eigenvalue weighted by Gasteiger charge is 2.16. The van der Waals surface area contributed by atoms with E-state index >= 15 is 0 Å². The van der Waals surface area contributed by atoms with E-state index in [1.807, 2.05) is 0 Å². The molecular formula is C10H19ClN4OS. The molecule has 7 heteroatoms. The lowest BCUT2D eigenvalue weighted by molar-refractivity contribution is 0.0784. The van der Waals surface area contributed by atoms with E-state index < -0.39 is 0 Å². The number of halogens is 1. The van der Waals surface area contributed by atoms with Crippen LogP contribution in [-0.4, -0.2) is 39.2 Å². The van der Waals surface area contributed by atoms with Crippen molar-refractivity contribution in [3.63, 3.8) is 0 Å². The van der Waals surface area contributed by atoms with Gasteiger partial charge in [-0.05, 0) is 12.3 Å². The Morgan fingerprint density at radius 2 is 2.24 bits per heavy atom. The van der Waals surface area contributed by atoms with Gasteiger partial charge in [0, 0.05) is 19.6 Å². The van der Waals surface area contributed by atoms with Crippen molar-refractivity contribution in [1.29, 1.82) is 0 Å². The van der Waals surface area contributed by atoms with Gasteiger partial charge in [0.15, 0.2) is 5.69 Å². The molecule has 1 unspecified atom stereocenters. The lowest BCUT2D eigenvalue weighted by Gasteiger charge is -2.20. The molecule has 0 spiro atoms. The highest BCUT2D eigenvalue weighted by molar-refractivity contribution is 6.99. The zero-order valence-electron chi connectivity index (χ0n) is 10.3. The fourth-order valence-corrected chi connectivity index (χ4v) is 1.64. The predicted molar refractivity (Wildman–Crippen MR) is 71.5 cm³/mol. The Hall–Kier alpha value is -0.720. The maximum absolute atomic E-state index is 11.8. The third-order valence-corrected chi connectivity index (χ3v) is 3.06. The highest BCUT2D eigenvalue weighted by Crippen LogP contribution is 2.06. The van der Waals surface area contributed by atoms with Crippen LogP contribution in [0.4, 0.5) is 0 Å². The quantitative estimate of drug-likeness (QED) is 0.884. The maximum atomic E-state index is 11.8. The number of nitrogens with two attached hydrogens (primary N) is 1. The van der Waals surface area contributed by atoms with Crippen LogP contribution in [0.25, 0.3) is 0 Å². The van der Waals surface area contributed by atoms with Crippen LogP contribution in [0.1, 0.15) is 30.8 Å². The SMILES string of the molecule is CC(C)C(N)CCN(C)C(=O)c1cnsn1.Cl. The van der Waals surface area contributed by atoms with Crippen molar-refractivity contribution < 1.29 is 4.79 Å². The standard InChI is InChI=1S/C10H18N4OS.ClH/c1-7(2)8(11)4-5-14(3)10(15)9-6-12-16-13-9;/h6-8H,4-5,11H2,1-3H3;1H. The summed E-state index contributed by atoms with van der Waals surface area (Å²) in [7, 11) is 1.76. The van der Waals surface area contributed by atoms with E-state index in [2.05, 4.69) is 22.6 Å². The van der Waals surface area contributed by atoms with E-state index in [1.165, 1.54) is 6.20 Å². The Kier molecular flexibility index (Phi) is 7.26. The van der Waals surface area contributed by atoms with Gasteiger partial charge in [-0.25, -0.2) is 0 Å². The molecular weight excluding hydrogens is 260 g/mol. The molecule has 0 aromatic carbocycles. The number of aromatic nitrogens is 2. The number of hydrogen-bond acceptors (Lipinski definition) is 5. The Morgan fingerprint density at radius 1 is 1.59 bits per heavy atom. The molecule has 0 aliphatic heterocycles. The van der Waals surface area contributed by atoms with Crippen LogP contribution < -0.4 is 5.73 Å². The van der Waals surface area contributed by atoms with E-state index in [0.29, 0.717) is 18.2 Å². The minimum atomic E-state index is -0.0929. The van der Waals surface area contributed by atoms with Crippen molar-refractivity contribution in [3.05, 3.63) is 11.9 Å². The second-order valence-electron chi connectivity index (χ2n) is 4.22. The molecule has 1 aromatic heterocycles. The van der Waals surface area contributed by atoms with Gasteiger partial charge >= 0.3 is 0 Å². The average Bonchev–Trinajstić information content (AvgIpc) is 2.77. The van der Waals surface area contributed by atoms with Crippen molar-refractivity contribution in [1.82, 2.24) is 13.6 Å². The first-order valence-electron chi connectivity index (χ1n) is 5.31. The van der Waals surface area contributed by atoms with Gasteiger partial charge in [-0.1, -0.05) is 13.8 Å². The number of carbonyl (C=O) groups is 1. The number of carbonyl (C=O) groups excluding carboxylic acids is 1. The molecule has 1 amide bonds. The first kappa shape index (κ1) is 16.3.